The Morgan fingerprint density at radius 3 is 2.67 bits per heavy atom. The van der Waals surface area contributed by atoms with Crippen LogP contribution in [0.1, 0.15) is 18.1 Å². The maximum absolute atomic E-state index is 12.0. The highest BCUT2D eigenvalue weighted by atomic mass is 16.5. The van der Waals surface area contributed by atoms with Gasteiger partial charge in [-0.25, -0.2) is 4.79 Å². The van der Waals surface area contributed by atoms with Crippen LogP contribution in [0.2, 0.25) is 0 Å². The normalized spacial score (nSPS) is 10.5. The number of carbonyl (C=O) groups excluding carboxylic acids is 2. The molecule has 1 amide bonds. The molecule has 0 spiro atoms. The van der Waals surface area contributed by atoms with Crippen LogP contribution in [0.5, 0.6) is 0 Å². The molecule has 0 unspecified atom stereocenters. The standard InChI is InChI=1S/C18H19N3O3/c1-2-24-18(23)8-7-13-3-5-14(6-4-13)11-17(22)21-16-9-10-20-12-15(16)19/h3-10,12H,2,11,19H2,1H3,(H,20,21,22). The van der Waals surface area contributed by atoms with Crippen molar-refractivity contribution in [3.8, 4) is 0 Å². The van der Waals surface area contributed by atoms with E-state index in [0.29, 0.717) is 18.0 Å². The van der Waals surface area contributed by atoms with Crippen LogP contribution >= 0.6 is 0 Å². The summed E-state index contributed by atoms with van der Waals surface area (Å²) < 4.78 is 4.81. The van der Waals surface area contributed by atoms with Gasteiger partial charge in [0.15, 0.2) is 0 Å². The summed E-state index contributed by atoms with van der Waals surface area (Å²) in [5.41, 5.74) is 8.41. The molecule has 2 rings (SSSR count). The Balaban J connectivity index is 1.93. The maximum atomic E-state index is 12.0. The molecule has 0 atom stereocenters. The number of hydrogen-bond acceptors (Lipinski definition) is 5. The third kappa shape index (κ3) is 5.24. The lowest BCUT2D eigenvalue weighted by Crippen LogP contribution is -2.15. The van der Waals surface area contributed by atoms with E-state index >= 15 is 0 Å². The van der Waals surface area contributed by atoms with E-state index in [1.165, 1.54) is 12.3 Å². The number of carbonyl (C=O) groups is 2. The number of esters is 1. The Hall–Kier alpha value is -3.15. The lowest BCUT2D eigenvalue weighted by atomic mass is 10.1. The number of nitrogen functional groups attached to an aromatic ring is 1. The number of anilines is 2. The molecule has 6 heteroatoms. The fourth-order valence-electron chi connectivity index (χ4n) is 2.00. The van der Waals surface area contributed by atoms with Gasteiger partial charge in [-0.15, -0.1) is 0 Å². The monoisotopic (exact) mass is 325 g/mol. The minimum atomic E-state index is -0.379. The number of aromatic nitrogens is 1. The third-order valence-corrected chi connectivity index (χ3v) is 3.17. The molecule has 1 aromatic carbocycles. The van der Waals surface area contributed by atoms with E-state index in [0.717, 1.165) is 11.1 Å². The van der Waals surface area contributed by atoms with Gasteiger partial charge in [-0.2, -0.15) is 0 Å². The molecule has 0 bridgehead atoms. The Kier molecular flexibility index (Phi) is 6.08. The SMILES string of the molecule is CCOC(=O)C=Cc1ccc(CC(=O)Nc2ccncc2N)cc1. The lowest BCUT2D eigenvalue weighted by molar-refractivity contribution is -0.137. The number of nitrogens with zero attached hydrogens (tertiary/aromatic N) is 1. The smallest absolute Gasteiger partial charge is 0.330 e. The second-order valence-corrected chi connectivity index (χ2v) is 5.01. The van der Waals surface area contributed by atoms with E-state index in [4.69, 9.17) is 10.5 Å². The number of rotatable bonds is 6. The molecule has 0 radical (unpaired) electrons. The van der Waals surface area contributed by atoms with Crippen LogP contribution in [0.4, 0.5) is 11.4 Å². The summed E-state index contributed by atoms with van der Waals surface area (Å²) in [6.45, 7) is 2.10. The largest absolute Gasteiger partial charge is 0.463 e. The average molecular weight is 325 g/mol. The van der Waals surface area contributed by atoms with Crippen LogP contribution in [-0.4, -0.2) is 23.5 Å². The molecule has 0 saturated carbocycles. The van der Waals surface area contributed by atoms with Crippen LogP contribution in [0.15, 0.2) is 48.8 Å². The van der Waals surface area contributed by atoms with Gasteiger partial charge in [0, 0.05) is 12.3 Å². The third-order valence-electron chi connectivity index (χ3n) is 3.17. The number of amides is 1. The molecule has 3 N–H and O–H groups in total. The number of hydrogen-bond donors (Lipinski definition) is 2. The van der Waals surface area contributed by atoms with Crippen molar-refractivity contribution in [2.75, 3.05) is 17.7 Å². The Labute approximate surface area is 140 Å². The van der Waals surface area contributed by atoms with Crippen molar-refractivity contribution in [3.63, 3.8) is 0 Å². The number of pyridine rings is 1. The maximum Gasteiger partial charge on any atom is 0.330 e. The molecule has 24 heavy (non-hydrogen) atoms. The van der Waals surface area contributed by atoms with E-state index in [1.807, 2.05) is 24.3 Å². The van der Waals surface area contributed by atoms with Gasteiger partial charge in [0.2, 0.25) is 5.91 Å². The highest BCUT2D eigenvalue weighted by Gasteiger charge is 2.06. The summed E-state index contributed by atoms with van der Waals surface area (Å²) in [4.78, 5) is 27.2. The fourth-order valence-corrected chi connectivity index (χ4v) is 2.00. The van der Waals surface area contributed by atoms with Crippen LogP contribution in [0.25, 0.3) is 6.08 Å². The molecular formula is C18H19N3O3. The molecule has 0 fully saturated rings. The predicted molar refractivity (Wildman–Crippen MR) is 93.1 cm³/mol. The minimum absolute atomic E-state index is 0.164. The highest BCUT2D eigenvalue weighted by molar-refractivity contribution is 5.94. The fraction of sp³-hybridized carbons (Fsp3) is 0.167. The van der Waals surface area contributed by atoms with Gasteiger partial charge in [-0.05, 0) is 30.2 Å². The van der Waals surface area contributed by atoms with Crippen LogP contribution in [0, 0.1) is 0 Å². The zero-order valence-corrected chi connectivity index (χ0v) is 13.4. The predicted octanol–water partition coefficient (Wildman–Crippen LogP) is 2.42. The van der Waals surface area contributed by atoms with Crippen molar-refractivity contribution in [3.05, 3.63) is 59.9 Å². The zero-order valence-electron chi connectivity index (χ0n) is 13.4. The van der Waals surface area contributed by atoms with Crippen molar-refractivity contribution in [2.45, 2.75) is 13.3 Å². The summed E-state index contributed by atoms with van der Waals surface area (Å²) in [5, 5.41) is 2.75. The zero-order chi connectivity index (χ0) is 17.4. The van der Waals surface area contributed by atoms with Crippen LogP contribution in [-0.2, 0) is 20.7 Å². The van der Waals surface area contributed by atoms with Gasteiger partial charge in [0.05, 0.1) is 30.6 Å². The average Bonchev–Trinajstić information content (AvgIpc) is 2.57. The molecule has 0 aliphatic heterocycles. The molecule has 6 nitrogen and oxygen atoms in total. The molecule has 0 aliphatic rings. The van der Waals surface area contributed by atoms with Gasteiger partial charge in [0.25, 0.3) is 0 Å². The van der Waals surface area contributed by atoms with Gasteiger partial charge in [-0.3, -0.25) is 9.78 Å². The first-order valence-electron chi connectivity index (χ1n) is 7.51. The van der Waals surface area contributed by atoms with E-state index in [-0.39, 0.29) is 18.3 Å². The Morgan fingerprint density at radius 1 is 1.25 bits per heavy atom. The van der Waals surface area contributed by atoms with Crippen molar-refractivity contribution < 1.29 is 14.3 Å². The second kappa shape index (κ2) is 8.47. The van der Waals surface area contributed by atoms with E-state index in [1.54, 1.807) is 25.3 Å². The molecule has 1 aromatic heterocycles. The van der Waals surface area contributed by atoms with Gasteiger partial charge in [-0.1, -0.05) is 24.3 Å². The van der Waals surface area contributed by atoms with E-state index in [9.17, 15) is 9.59 Å². The number of nitrogens with two attached hydrogens (primary N) is 1. The van der Waals surface area contributed by atoms with Crippen molar-refractivity contribution in [1.29, 1.82) is 0 Å². The second-order valence-electron chi connectivity index (χ2n) is 5.01. The summed E-state index contributed by atoms with van der Waals surface area (Å²) in [6.07, 6.45) is 6.32. The molecule has 1 heterocycles. The first-order chi connectivity index (χ1) is 11.6. The topological polar surface area (TPSA) is 94.3 Å². The van der Waals surface area contributed by atoms with Gasteiger partial charge in [0.1, 0.15) is 0 Å². The molecule has 0 saturated heterocycles. The van der Waals surface area contributed by atoms with Crippen LogP contribution < -0.4 is 11.1 Å². The van der Waals surface area contributed by atoms with Gasteiger partial charge < -0.3 is 15.8 Å². The van der Waals surface area contributed by atoms with E-state index < -0.39 is 0 Å². The molecule has 2 aromatic rings. The van der Waals surface area contributed by atoms with Crippen LogP contribution in [0.3, 0.4) is 0 Å². The number of nitrogens with one attached hydrogen (secondary N) is 1. The number of ether oxygens (including phenoxy) is 1. The molecule has 124 valence electrons. The quantitative estimate of drug-likeness (QED) is 0.628. The lowest BCUT2D eigenvalue weighted by Gasteiger charge is -2.07. The number of benzene rings is 1. The van der Waals surface area contributed by atoms with Crippen molar-refractivity contribution in [2.24, 2.45) is 0 Å². The Morgan fingerprint density at radius 2 is 2.00 bits per heavy atom. The minimum Gasteiger partial charge on any atom is -0.463 e. The Bertz CT molecular complexity index is 739. The first kappa shape index (κ1) is 17.2. The summed E-state index contributed by atoms with van der Waals surface area (Å²) >= 11 is 0. The van der Waals surface area contributed by atoms with E-state index in [2.05, 4.69) is 10.3 Å². The summed E-state index contributed by atoms with van der Waals surface area (Å²) in [6, 6.07) is 8.98. The molecular weight excluding hydrogens is 306 g/mol. The first-order valence-corrected chi connectivity index (χ1v) is 7.51. The highest BCUT2D eigenvalue weighted by Crippen LogP contribution is 2.16. The van der Waals surface area contributed by atoms with Crippen molar-refractivity contribution >= 4 is 29.3 Å². The summed E-state index contributed by atoms with van der Waals surface area (Å²) in [7, 11) is 0. The van der Waals surface area contributed by atoms with Gasteiger partial charge >= 0.3 is 5.97 Å². The van der Waals surface area contributed by atoms with Crippen molar-refractivity contribution in [1.82, 2.24) is 4.98 Å². The molecule has 0 aliphatic carbocycles. The summed E-state index contributed by atoms with van der Waals surface area (Å²) in [5.74, 6) is -0.543.